The summed E-state index contributed by atoms with van der Waals surface area (Å²) in [6, 6.07) is 6.66. The van der Waals surface area contributed by atoms with E-state index in [1.807, 2.05) is 12.1 Å². The second-order valence-corrected chi connectivity index (χ2v) is 5.91. The van der Waals surface area contributed by atoms with Gasteiger partial charge in [0.1, 0.15) is 6.04 Å². The molecule has 3 N–H and O–H groups in total. The van der Waals surface area contributed by atoms with Gasteiger partial charge in [0, 0.05) is 20.2 Å². The summed E-state index contributed by atoms with van der Waals surface area (Å²) in [7, 11) is 1.51. The highest BCUT2D eigenvalue weighted by Gasteiger charge is 2.31. The van der Waals surface area contributed by atoms with Crippen LogP contribution in [-0.2, 0) is 14.3 Å². The SMILES string of the molecule is COC(CN)CC(=O)NC1CCCN(c2ccccc2Cl)C1=O.Cl. The molecule has 0 saturated carbocycles. The van der Waals surface area contributed by atoms with Gasteiger partial charge in [0.15, 0.2) is 0 Å². The number of nitrogens with two attached hydrogens (primary N) is 1. The average molecular weight is 376 g/mol. The van der Waals surface area contributed by atoms with Crippen LogP contribution >= 0.6 is 24.0 Å². The summed E-state index contributed by atoms with van der Waals surface area (Å²) >= 11 is 6.17. The van der Waals surface area contributed by atoms with Crippen molar-refractivity contribution in [2.45, 2.75) is 31.4 Å². The molecular weight excluding hydrogens is 353 g/mol. The number of carbonyl (C=O) groups is 2. The first-order valence-electron chi connectivity index (χ1n) is 7.65. The molecule has 1 aromatic carbocycles. The zero-order valence-electron chi connectivity index (χ0n) is 13.5. The summed E-state index contributed by atoms with van der Waals surface area (Å²) in [5, 5.41) is 3.30. The fourth-order valence-corrected chi connectivity index (χ4v) is 2.88. The number of anilines is 1. The van der Waals surface area contributed by atoms with Gasteiger partial charge in [-0.05, 0) is 25.0 Å². The smallest absolute Gasteiger partial charge is 0.249 e. The van der Waals surface area contributed by atoms with E-state index in [4.69, 9.17) is 22.1 Å². The molecule has 0 radical (unpaired) electrons. The number of hydrogen-bond donors (Lipinski definition) is 2. The van der Waals surface area contributed by atoms with Gasteiger partial charge in [0.2, 0.25) is 11.8 Å². The van der Waals surface area contributed by atoms with Crippen molar-refractivity contribution in [3.8, 4) is 0 Å². The van der Waals surface area contributed by atoms with Gasteiger partial charge in [-0.3, -0.25) is 9.59 Å². The van der Waals surface area contributed by atoms with Crippen molar-refractivity contribution in [1.29, 1.82) is 0 Å². The van der Waals surface area contributed by atoms with Gasteiger partial charge >= 0.3 is 0 Å². The molecule has 0 bridgehead atoms. The number of benzene rings is 1. The third-order valence-electron chi connectivity index (χ3n) is 3.93. The van der Waals surface area contributed by atoms with Gasteiger partial charge in [0.05, 0.1) is 23.2 Å². The van der Waals surface area contributed by atoms with Crippen molar-refractivity contribution in [3.63, 3.8) is 0 Å². The topological polar surface area (TPSA) is 84.7 Å². The molecule has 0 aliphatic carbocycles. The predicted molar refractivity (Wildman–Crippen MR) is 96.7 cm³/mol. The molecule has 0 spiro atoms. The molecule has 0 aromatic heterocycles. The molecule has 1 aliphatic heterocycles. The van der Waals surface area contributed by atoms with E-state index >= 15 is 0 Å². The highest BCUT2D eigenvalue weighted by Crippen LogP contribution is 2.28. The van der Waals surface area contributed by atoms with Crippen LogP contribution in [0.4, 0.5) is 5.69 Å². The maximum Gasteiger partial charge on any atom is 0.249 e. The van der Waals surface area contributed by atoms with Crippen LogP contribution in [-0.4, -0.2) is 44.2 Å². The number of methoxy groups -OCH3 is 1. The minimum absolute atomic E-state index is 0. The van der Waals surface area contributed by atoms with Gasteiger partial charge in [-0.25, -0.2) is 0 Å². The number of rotatable bonds is 6. The Morgan fingerprint density at radius 2 is 2.21 bits per heavy atom. The van der Waals surface area contributed by atoms with Crippen molar-refractivity contribution < 1.29 is 14.3 Å². The molecule has 2 rings (SSSR count). The van der Waals surface area contributed by atoms with Crippen LogP contribution in [0.5, 0.6) is 0 Å². The Labute approximate surface area is 153 Å². The zero-order valence-corrected chi connectivity index (χ0v) is 15.1. The molecule has 24 heavy (non-hydrogen) atoms. The zero-order chi connectivity index (χ0) is 16.8. The Kier molecular flexibility index (Phi) is 8.48. The Morgan fingerprint density at radius 3 is 2.83 bits per heavy atom. The highest BCUT2D eigenvalue weighted by molar-refractivity contribution is 6.33. The molecular formula is C16H23Cl2N3O3. The average Bonchev–Trinajstić information content (AvgIpc) is 2.55. The number of nitrogens with one attached hydrogen (secondary N) is 1. The number of hydrogen-bond acceptors (Lipinski definition) is 4. The highest BCUT2D eigenvalue weighted by atomic mass is 35.5. The van der Waals surface area contributed by atoms with E-state index in [1.165, 1.54) is 7.11 Å². The lowest BCUT2D eigenvalue weighted by Gasteiger charge is -2.33. The molecule has 1 saturated heterocycles. The van der Waals surface area contributed by atoms with Gasteiger partial charge in [-0.1, -0.05) is 23.7 Å². The van der Waals surface area contributed by atoms with E-state index < -0.39 is 6.04 Å². The van der Waals surface area contributed by atoms with Crippen LogP contribution in [0.15, 0.2) is 24.3 Å². The maximum atomic E-state index is 12.6. The molecule has 2 unspecified atom stereocenters. The second kappa shape index (κ2) is 9.84. The van der Waals surface area contributed by atoms with E-state index in [9.17, 15) is 9.59 Å². The Balaban J connectivity index is 0.00000288. The molecule has 8 heteroatoms. The summed E-state index contributed by atoms with van der Waals surface area (Å²) in [6.07, 6.45) is 1.22. The monoisotopic (exact) mass is 375 g/mol. The summed E-state index contributed by atoms with van der Waals surface area (Å²) in [5.74, 6) is -0.374. The normalized spacial score (nSPS) is 18.7. The first kappa shape index (κ1) is 20.7. The molecule has 1 aromatic rings. The fourth-order valence-electron chi connectivity index (χ4n) is 2.64. The van der Waals surface area contributed by atoms with Crippen LogP contribution in [0, 0.1) is 0 Å². The quantitative estimate of drug-likeness (QED) is 0.792. The standard InChI is InChI=1S/C16H22ClN3O3.ClH/c1-23-11(10-18)9-15(21)19-13-6-4-8-20(16(13)22)14-7-3-2-5-12(14)17;/h2-3,5,7,11,13H,4,6,8-10,18H2,1H3,(H,19,21);1H. The lowest BCUT2D eigenvalue weighted by molar-refractivity contribution is -0.129. The third kappa shape index (κ3) is 5.08. The van der Waals surface area contributed by atoms with Gasteiger partial charge in [-0.2, -0.15) is 0 Å². The first-order chi connectivity index (χ1) is 11.1. The summed E-state index contributed by atoms with van der Waals surface area (Å²) < 4.78 is 5.09. The third-order valence-corrected chi connectivity index (χ3v) is 4.25. The van der Waals surface area contributed by atoms with Gasteiger partial charge in [0.25, 0.3) is 0 Å². The Hall–Kier alpha value is -1.34. The molecule has 134 valence electrons. The van der Waals surface area contributed by atoms with Crippen molar-refractivity contribution in [3.05, 3.63) is 29.3 Å². The molecule has 1 aliphatic rings. The van der Waals surface area contributed by atoms with Crippen LogP contribution in [0.3, 0.4) is 0 Å². The Bertz CT molecular complexity index is 567. The second-order valence-electron chi connectivity index (χ2n) is 5.50. The van der Waals surface area contributed by atoms with Gasteiger partial charge < -0.3 is 20.7 Å². The number of amides is 2. The van der Waals surface area contributed by atoms with Gasteiger partial charge in [-0.15, -0.1) is 12.4 Å². The predicted octanol–water partition coefficient (Wildman–Crippen LogP) is 1.74. The number of para-hydroxylation sites is 1. The number of nitrogens with zero attached hydrogens (tertiary/aromatic N) is 1. The summed E-state index contributed by atoms with van der Waals surface area (Å²) in [6.45, 7) is 0.854. The van der Waals surface area contributed by atoms with Crippen LogP contribution in [0.2, 0.25) is 5.02 Å². The number of ether oxygens (including phenoxy) is 1. The maximum absolute atomic E-state index is 12.6. The summed E-state index contributed by atoms with van der Waals surface area (Å²) in [5.41, 5.74) is 6.19. The molecule has 6 nitrogen and oxygen atoms in total. The largest absolute Gasteiger partial charge is 0.380 e. The molecule has 1 heterocycles. The number of halogens is 2. The van der Waals surface area contributed by atoms with E-state index in [1.54, 1.807) is 17.0 Å². The van der Waals surface area contributed by atoms with Crippen LogP contribution in [0.25, 0.3) is 0 Å². The minimum Gasteiger partial charge on any atom is -0.380 e. The molecule has 1 fully saturated rings. The number of piperidine rings is 1. The van der Waals surface area contributed by atoms with Crippen molar-refractivity contribution >= 4 is 41.5 Å². The van der Waals surface area contributed by atoms with E-state index in [-0.39, 0.29) is 43.3 Å². The number of carbonyl (C=O) groups excluding carboxylic acids is 2. The van der Waals surface area contributed by atoms with E-state index in [0.717, 1.165) is 6.42 Å². The minimum atomic E-state index is -0.539. The summed E-state index contributed by atoms with van der Waals surface area (Å²) in [4.78, 5) is 26.3. The lowest BCUT2D eigenvalue weighted by Crippen LogP contribution is -2.53. The fraction of sp³-hybridized carbons (Fsp3) is 0.500. The van der Waals surface area contributed by atoms with Crippen molar-refractivity contribution in [1.82, 2.24) is 5.32 Å². The van der Waals surface area contributed by atoms with E-state index in [2.05, 4.69) is 5.32 Å². The van der Waals surface area contributed by atoms with E-state index in [0.29, 0.717) is 23.7 Å². The lowest BCUT2D eigenvalue weighted by atomic mass is 10.0. The molecule has 2 amide bonds. The van der Waals surface area contributed by atoms with Crippen LogP contribution in [0.1, 0.15) is 19.3 Å². The van der Waals surface area contributed by atoms with Crippen molar-refractivity contribution in [2.75, 3.05) is 25.1 Å². The molecule has 2 atom stereocenters. The Morgan fingerprint density at radius 1 is 1.50 bits per heavy atom. The first-order valence-corrected chi connectivity index (χ1v) is 8.02. The van der Waals surface area contributed by atoms with Crippen LogP contribution < -0.4 is 16.0 Å². The van der Waals surface area contributed by atoms with Crippen molar-refractivity contribution in [2.24, 2.45) is 5.73 Å².